The lowest BCUT2D eigenvalue weighted by Crippen LogP contribution is -2.11. The highest BCUT2D eigenvalue weighted by molar-refractivity contribution is 6.05. The Kier molecular flexibility index (Phi) is 2.56. The van der Waals surface area contributed by atoms with Crippen LogP contribution in [0.5, 0.6) is 0 Å². The molecule has 0 atom stereocenters. The Bertz CT molecular complexity index is 504. The molecule has 0 amide bonds. The number of nitrogens with two attached hydrogens (primary N) is 1. The lowest BCUT2D eigenvalue weighted by Gasteiger charge is -2.04. The van der Waals surface area contributed by atoms with Crippen molar-refractivity contribution in [3.63, 3.8) is 0 Å². The average Bonchev–Trinajstić information content (AvgIpc) is 2.53. The average molecular weight is 218 g/mol. The number of carbonyl (C=O) groups excluding carboxylic acids is 1. The Morgan fingerprint density at radius 3 is 2.75 bits per heavy atom. The first-order chi connectivity index (χ1) is 7.66. The van der Waals surface area contributed by atoms with Gasteiger partial charge in [0.15, 0.2) is 5.69 Å². The maximum Gasteiger partial charge on any atom is 0.357 e. The van der Waals surface area contributed by atoms with Crippen LogP contribution in [0.25, 0.3) is 10.9 Å². The van der Waals surface area contributed by atoms with E-state index in [1.54, 1.807) is 11.5 Å². The van der Waals surface area contributed by atoms with Crippen LogP contribution in [-0.4, -0.2) is 17.1 Å². The van der Waals surface area contributed by atoms with Crippen LogP contribution in [0.2, 0.25) is 0 Å². The summed E-state index contributed by atoms with van der Waals surface area (Å²) in [6.07, 6.45) is 0. The molecule has 16 heavy (non-hydrogen) atoms. The van der Waals surface area contributed by atoms with Gasteiger partial charge in [0.25, 0.3) is 0 Å². The van der Waals surface area contributed by atoms with E-state index in [4.69, 9.17) is 10.5 Å². The molecule has 0 radical (unpaired) electrons. The van der Waals surface area contributed by atoms with Crippen LogP contribution >= 0.6 is 0 Å². The second kappa shape index (κ2) is 3.89. The van der Waals surface area contributed by atoms with Gasteiger partial charge in [0.1, 0.15) is 0 Å². The second-order valence-electron chi connectivity index (χ2n) is 3.56. The molecule has 0 fully saturated rings. The maximum atomic E-state index is 11.7. The Balaban J connectivity index is 2.66. The number of hydrogen-bond donors (Lipinski definition) is 1. The lowest BCUT2D eigenvalue weighted by molar-refractivity contribution is 0.0517. The highest BCUT2D eigenvalue weighted by Gasteiger charge is 2.19. The van der Waals surface area contributed by atoms with Crippen molar-refractivity contribution < 1.29 is 9.53 Å². The van der Waals surface area contributed by atoms with E-state index in [1.807, 2.05) is 31.3 Å². The van der Waals surface area contributed by atoms with Crippen molar-refractivity contribution in [3.8, 4) is 0 Å². The number of nitrogen functional groups attached to an aromatic ring is 1. The normalized spacial score (nSPS) is 10.6. The number of carbonyl (C=O) groups is 1. The highest BCUT2D eigenvalue weighted by Crippen LogP contribution is 2.27. The van der Waals surface area contributed by atoms with Gasteiger partial charge in [-0.05, 0) is 13.0 Å². The number of aromatic nitrogens is 1. The number of fused-ring (bicyclic) bond motifs is 1. The first-order valence-electron chi connectivity index (χ1n) is 5.16. The van der Waals surface area contributed by atoms with Gasteiger partial charge in [-0.3, -0.25) is 0 Å². The summed E-state index contributed by atoms with van der Waals surface area (Å²) in [6, 6.07) is 7.63. The van der Waals surface area contributed by atoms with Crippen molar-refractivity contribution in [2.75, 3.05) is 12.3 Å². The number of hydrogen-bond acceptors (Lipinski definition) is 3. The van der Waals surface area contributed by atoms with Crippen molar-refractivity contribution in [1.82, 2.24) is 4.57 Å². The molecule has 0 spiro atoms. The van der Waals surface area contributed by atoms with Gasteiger partial charge < -0.3 is 15.0 Å². The van der Waals surface area contributed by atoms with E-state index in [9.17, 15) is 4.79 Å². The molecule has 4 heteroatoms. The van der Waals surface area contributed by atoms with Crippen LogP contribution in [0.1, 0.15) is 17.4 Å². The fourth-order valence-corrected chi connectivity index (χ4v) is 1.87. The van der Waals surface area contributed by atoms with Crippen LogP contribution in [0.3, 0.4) is 0 Å². The maximum absolute atomic E-state index is 11.7. The topological polar surface area (TPSA) is 57.2 Å². The summed E-state index contributed by atoms with van der Waals surface area (Å²) in [6.45, 7) is 2.12. The van der Waals surface area contributed by atoms with Gasteiger partial charge in [-0.2, -0.15) is 0 Å². The van der Waals surface area contributed by atoms with E-state index in [0.717, 1.165) is 10.9 Å². The summed E-state index contributed by atoms with van der Waals surface area (Å²) in [7, 11) is 1.81. The predicted octanol–water partition coefficient (Wildman–Crippen LogP) is 1.94. The standard InChI is InChI=1S/C12H14N2O2/c1-3-16-12(15)11-10(13)8-6-4-5-7-9(8)14(11)2/h4-7H,3,13H2,1-2H3. The monoisotopic (exact) mass is 218 g/mol. The molecular weight excluding hydrogens is 204 g/mol. The van der Waals surface area contributed by atoms with Crippen LogP contribution in [0.4, 0.5) is 5.69 Å². The van der Waals surface area contributed by atoms with Crippen molar-refractivity contribution in [3.05, 3.63) is 30.0 Å². The zero-order valence-corrected chi connectivity index (χ0v) is 9.36. The molecule has 1 heterocycles. The first-order valence-corrected chi connectivity index (χ1v) is 5.16. The number of nitrogens with zero attached hydrogens (tertiary/aromatic N) is 1. The molecular formula is C12H14N2O2. The highest BCUT2D eigenvalue weighted by atomic mass is 16.5. The molecule has 0 bridgehead atoms. The van der Waals surface area contributed by atoms with Gasteiger partial charge >= 0.3 is 5.97 Å². The van der Waals surface area contributed by atoms with Gasteiger partial charge in [-0.25, -0.2) is 4.79 Å². The summed E-state index contributed by atoms with van der Waals surface area (Å²) >= 11 is 0. The fraction of sp³-hybridized carbons (Fsp3) is 0.250. The second-order valence-corrected chi connectivity index (χ2v) is 3.56. The van der Waals surface area contributed by atoms with Gasteiger partial charge in [0.2, 0.25) is 0 Å². The number of benzene rings is 1. The number of para-hydroxylation sites is 1. The predicted molar refractivity (Wildman–Crippen MR) is 63.3 cm³/mol. The molecule has 4 nitrogen and oxygen atoms in total. The summed E-state index contributed by atoms with van der Waals surface area (Å²) in [4.78, 5) is 11.7. The molecule has 0 aliphatic heterocycles. The van der Waals surface area contributed by atoms with Crippen LogP contribution in [0, 0.1) is 0 Å². The summed E-state index contributed by atoms with van der Waals surface area (Å²) in [5.41, 5.74) is 7.79. The summed E-state index contributed by atoms with van der Waals surface area (Å²) in [5, 5.41) is 0.882. The minimum Gasteiger partial charge on any atom is -0.461 e. The molecule has 2 aromatic rings. The van der Waals surface area contributed by atoms with E-state index in [1.165, 1.54) is 0 Å². The molecule has 84 valence electrons. The summed E-state index contributed by atoms with van der Waals surface area (Å²) in [5.74, 6) is -0.376. The molecule has 0 saturated carbocycles. The SMILES string of the molecule is CCOC(=O)c1c(N)c2ccccc2n1C. The minimum atomic E-state index is -0.376. The molecule has 0 aliphatic rings. The van der Waals surface area contributed by atoms with E-state index in [-0.39, 0.29) is 5.97 Å². The third kappa shape index (κ3) is 1.43. The number of aryl methyl sites for hydroxylation is 1. The van der Waals surface area contributed by atoms with Crippen LogP contribution in [-0.2, 0) is 11.8 Å². The van der Waals surface area contributed by atoms with E-state index >= 15 is 0 Å². The van der Waals surface area contributed by atoms with Crippen LogP contribution in [0.15, 0.2) is 24.3 Å². The van der Waals surface area contributed by atoms with Gasteiger partial charge in [0, 0.05) is 12.4 Å². The number of esters is 1. The summed E-state index contributed by atoms with van der Waals surface area (Å²) < 4.78 is 6.75. The Morgan fingerprint density at radius 1 is 1.44 bits per heavy atom. The van der Waals surface area contributed by atoms with E-state index in [0.29, 0.717) is 18.0 Å². The first kappa shape index (κ1) is 10.5. The molecule has 0 aliphatic carbocycles. The molecule has 2 N–H and O–H groups in total. The number of anilines is 1. The molecule has 1 aromatic carbocycles. The number of ether oxygens (including phenoxy) is 1. The molecule has 1 aromatic heterocycles. The van der Waals surface area contributed by atoms with Gasteiger partial charge in [0.05, 0.1) is 17.8 Å². The van der Waals surface area contributed by atoms with Crippen molar-refractivity contribution >= 4 is 22.6 Å². The zero-order chi connectivity index (χ0) is 11.7. The fourth-order valence-electron chi connectivity index (χ4n) is 1.87. The lowest BCUT2D eigenvalue weighted by atomic mass is 10.2. The third-order valence-corrected chi connectivity index (χ3v) is 2.61. The van der Waals surface area contributed by atoms with Crippen molar-refractivity contribution in [1.29, 1.82) is 0 Å². The van der Waals surface area contributed by atoms with Crippen molar-refractivity contribution in [2.45, 2.75) is 6.92 Å². The van der Waals surface area contributed by atoms with Crippen LogP contribution < -0.4 is 5.73 Å². The Labute approximate surface area is 93.6 Å². The van der Waals surface area contributed by atoms with Gasteiger partial charge in [-0.1, -0.05) is 18.2 Å². The smallest absolute Gasteiger partial charge is 0.357 e. The quantitative estimate of drug-likeness (QED) is 0.783. The van der Waals surface area contributed by atoms with E-state index in [2.05, 4.69) is 0 Å². The molecule has 0 saturated heterocycles. The molecule has 2 rings (SSSR count). The van der Waals surface area contributed by atoms with E-state index < -0.39 is 0 Å². The number of rotatable bonds is 2. The molecule has 0 unspecified atom stereocenters. The van der Waals surface area contributed by atoms with Gasteiger partial charge in [-0.15, -0.1) is 0 Å². The Hall–Kier alpha value is -1.97. The third-order valence-electron chi connectivity index (χ3n) is 2.61. The minimum absolute atomic E-state index is 0.347. The largest absolute Gasteiger partial charge is 0.461 e. The zero-order valence-electron chi connectivity index (χ0n) is 9.36. The Morgan fingerprint density at radius 2 is 2.12 bits per heavy atom. The van der Waals surface area contributed by atoms with Crippen molar-refractivity contribution in [2.24, 2.45) is 7.05 Å².